The van der Waals surface area contributed by atoms with Crippen LogP contribution in [0.25, 0.3) is 0 Å². The summed E-state index contributed by atoms with van der Waals surface area (Å²) >= 11 is 1.46. The van der Waals surface area contributed by atoms with Crippen molar-refractivity contribution in [2.45, 2.75) is 44.6 Å². The number of rotatable bonds is 6. The van der Waals surface area contributed by atoms with Gasteiger partial charge in [-0.25, -0.2) is 0 Å². The predicted octanol–water partition coefficient (Wildman–Crippen LogP) is 2.05. The first kappa shape index (κ1) is 14.2. The van der Waals surface area contributed by atoms with Gasteiger partial charge in [0, 0.05) is 24.3 Å². The molecule has 1 aliphatic rings. The molecule has 0 atom stereocenters. The average molecular weight is 281 g/mol. The van der Waals surface area contributed by atoms with Crippen molar-refractivity contribution in [3.05, 3.63) is 21.9 Å². The maximum Gasteiger partial charge on any atom is 0.220 e. The third kappa shape index (κ3) is 3.88. The molecule has 1 fully saturated rings. The Morgan fingerprint density at radius 3 is 2.63 bits per heavy atom. The Morgan fingerprint density at radius 2 is 2.11 bits per heavy atom. The highest BCUT2D eigenvalue weighted by atomic mass is 32.1. The molecular weight excluding hydrogens is 262 g/mol. The summed E-state index contributed by atoms with van der Waals surface area (Å²) in [6.45, 7) is 2.26. The van der Waals surface area contributed by atoms with Crippen LogP contribution in [0.15, 0.2) is 12.1 Å². The molecule has 0 unspecified atom stereocenters. The summed E-state index contributed by atoms with van der Waals surface area (Å²) in [5.74, 6) is -0.155. The van der Waals surface area contributed by atoms with E-state index in [1.165, 1.54) is 11.3 Å². The van der Waals surface area contributed by atoms with Gasteiger partial charge < -0.3 is 10.4 Å². The fourth-order valence-electron chi connectivity index (χ4n) is 2.05. The van der Waals surface area contributed by atoms with E-state index in [0.29, 0.717) is 11.4 Å². The molecule has 1 amide bonds. The lowest BCUT2D eigenvalue weighted by atomic mass is 9.80. The summed E-state index contributed by atoms with van der Waals surface area (Å²) < 4.78 is 0. The molecule has 1 aromatic heterocycles. The van der Waals surface area contributed by atoms with Crippen LogP contribution in [-0.4, -0.2) is 28.9 Å². The Kier molecular flexibility index (Phi) is 4.37. The van der Waals surface area contributed by atoms with Gasteiger partial charge in [-0.15, -0.1) is 11.3 Å². The first-order valence-electron chi connectivity index (χ1n) is 6.57. The van der Waals surface area contributed by atoms with Crippen molar-refractivity contribution in [3.63, 3.8) is 0 Å². The number of aliphatic hydroxyl groups is 1. The average Bonchev–Trinajstić information content (AvgIpc) is 2.77. The molecule has 1 aliphatic carbocycles. The third-order valence-corrected chi connectivity index (χ3v) is 4.53. The first-order chi connectivity index (χ1) is 8.98. The zero-order valence-corrected chi connectivity index (χ0v) is 11.9. The van der Waals surface area contributed by atoms with Crippen LogP contribution < -0.4 is 5.32 Å². The van der Waals surface area contributed by atoms with Crippen molar-refractivity contribution in [1.29, 1.82) is 0 Å². The summed E-state index contributed by atoms with van der Waals surface area (Å²) in [6.07, 6.45) is 2.93. The number of carbonyl (C=O) groups excluding carboxylic acids is 2. The van der Waals surface area contributed by atoms with Crippen LogP contribution in [-0.2, 0) is 4.79 Å². The zero-order valence-electron chi connectivity index (χ0n) is 11.1. The van der Waals surface area contributed by atoms with Crippen molar-refractivity contribution in [2.75, 3.05) is 6.54 Å². The van der Waals surface area contributed by atoms with Gasteiger partial charge in [0.05, 0.1) is 10.5 Å². The van der Waals surface area contributed by atoms with Crippen molar-refractivity contribution < 1.29 is 14.7 Å². The molecule has 1 aromatic rings. The molecule has 0 saturated heterocycles. The standard InChI is InChI=1S/C14H19NO3S/c1-10-3-5-12(19-10)11(16)4-6-13(17)15-9-14(18)7-2-8-14/h3,5,18H,2,4,6-9H2,1H3,(H,15,17). The van der Waals surface area contributed by atoms with E-state index in [9.17, 15) is 14.7 Å². The van der Waals surface area contributed by atoms with Crippen LogP contribution in [0.5, 0.6) is 0 Å². The van der Waals surface area contributed by atoms with Gasteiger partial charge in [0.25, 0.3) is 0 Å². The fourth-order valence-corrected chi connectivity index (χ4v) is 2.88. The number of amides is 1. The molecule has 0 bridgehead atoms. The lowest BCUT2D eigenvalue weighted by Gasteiger charge is -2.36. The Labute approximate surface area is 116 Å². The molecule has 2 N–H and O–H groups in total. The molecule has 0 spiro atoms. The number of carbonyl (C=O) groups is 2. The van der Waals surface area contributed by atoms with E-state index in [4.69, 9.17) is 0 Å². The van der Waals surface area contributed by atoms with Crippen LogP contribution in [0.4, 0.5) is 0 Å². The zero-order chi connectivity index (χ0) is 13.9. The molecule has 104 valence electrons. The van der Waals surface area contributed by atoms with Gasteiger partial charge >= 0.3 is 0 Å². The highest BCUT2D eigenvalue weighted by molar-refractivity contribution is 7.14. The van der Waals surface area contributed by atoms with Crippen LogP contribution >= 0.6 is 11.3 Å². The Bertz CT molecular complexity index is 477. The largest absolute Gasteiger partial charge is 0.388 e. The van der Waals surface area contributed by atoms with E-state index >= 15 is 0 Å². The van der Waals surface area contributed by atoms with E-state index in [0.717, 1.165) is 24.1 Å². The third-order valence-electron chi connectivity index (χ3n) is 3.49. The van der Waals surface area contributed by atoms with Crippen LogP contribution in [0.1, 0.15) is 46.7 Å². The van der Waals surface area contributed by atoms with Gasteiger partial charge in [0.1, 0.15) is 0 Å². The lowest BCUT2D eigenvalue weighted by Crippen LogP contribution is -2.47. The normalized spacial score (nSPS) is 16.7. The van der Waals surface area contributed by atoms with E-state index in [1.807, 2.05) is 13.0 Å². The molecule has 19 heavy (non-hydrogen) atoms. The van der Waals surface area contributed by atoms with Gasteiger partial charge in [-0.2, -0.15) is 0 Å². The smallest absolute Gasteiger partial charge is 0.220 e. The van der Waals surface area contributed by atoms with Gasteiger partial charge in [-0.1, -0.05) is 0 Å². The second-order valence-corrected chi connectivity index (χ2v) is 6.48. The summed E-state index contributed by atoms with van der Waals surface area (Å²) in [7, 11) is 0. The maximum atomic E-state index is 11.8. The molecule has 0 aromatic carbocycles. The quantitative estimate of drug-likeness (QED) is 0.784. The SMILES string of the molecule is Cc1ccc(C(=O)CCC(=O)NCC2(O)CCC2)s1. The Hall–Kier alpha value is -1.20. The van der Waals surface area contributed by atoms with Crippen LogP contribution in [0.3, 0.4) is 0 Å². The molecule has 5 heteroatoms. The number of ketones is 1. The van der Waals surface area contributed by atoms with E-state index in [-0.39, 0.29) is 24.5 Å². The number of aryl methyl sites for hydroxylation is 1. The number of hydrogen-bond donors (Lipinski definition) is 2. The molecular formula is C14H19NO3S. The lowest BCUT2D eigenvalue weighted by molar-refractivity contribution is -0.123. The topological polar surface area (TPSA) is 66.4 Å². The highest BCUT2D eigenvalue weighted by Gasteiger charge is 2.34. The maximum absolute atomic E-state index is 11.8. The molecule has 4 nitrogen and oxygen atoms in total. The Morgan fingerprint density at radius 1 is 1.37 bits per heavy atom. The van der Waals surface area contributed by atoms with Gasteiger partial charge in [0.2, 0.25) is 5.91 Å². The predicted molar refractivity (Wildman–Crippen MR) is 74.4 cm³/mol. The summed E-state index contributed by atoms with van der Waals surface area (Å²) in [5, 5.41) is 12.5. The monoisotopic (exact) mass is 281 g/mol. The molecule has 1 saturated carbocycles. The molecule has 2 rings (SSSR count). The molecule has 0 aliphatic heterocycles. The molecule has 0 radical (unpaired) electrons. The molecule has 1 heterocycles. The minimum absolute atomic E-state index is 0.00982. The van der Waals surface area contributed by atoms with Crippen molar-refractivity contribution >= 4 is 23.0 Å². The van der Waals surface area contributed by atoms with Gasteiger partial charge in [-0.05, 0) is 38.3 Å². The van der Waals surface area contributed by atoms with Crippen LogP contribution in [0, 0.1) is 6.92 Å². The highest BCUT2D eigenvalue weighted by Crippen LogP contribution is 2.30. The van der Waals surface area contributed by atoms with Crippen molar-refractivity contribution in [1.82, 2.24) is 5.32 Å². The second-order valence-electron chi connectivity index (χ2n) is 5.19. The van der Waals surface area contributed by atoms with Crippen molar-refractivity contribution in [3.8, 4) is 0 Å². The number of Topliss-reactive ketones (excluding diaryl/α,β-unsaturated/α-hetero) is 1. The van der Waals surface area contributed by atoms with E-state index in [1.54, 1.807) is 6.07 Å². The minimum atomic E-state index is -0.704. The Balaban J connectivity index is 1.70. The second kappa shape index (κ2) is 5.84. The number of hydrogen-bond acceptors (Lipinski definition) is 4. The number of nitrogens with one attached hydrogen (secondary N) is 1. The van der Waals surface area contributed by atoms with E-state index < -0.39 is 5.60 Å². The minimum Gasteiger partial charge on any atom is -0.388 e. The number of thiophene rings is 1. The van der Waals surface area contributed by atoms with Gasteiger partial charge in [0.15, 0.2) is 5.78 Å². The summed E-state index contributed by atoms with van der Waals surface area (Å²) in [6, 6.07) is 3.71. The van der Waals surface area contributed by atoms with Crippen LogP contribution in [0.2, 0.25) is 0 Å². The van der Waals surface area contributed by atoms with Gasteiger partial charge in [-0.3, -0.25) is 9.59 Å². The van der Waals surface area contributed by atoms with Crippen molar-refractivity contribution in [2.24, 2.45) is 0 Å². The first-order valence-corrected chi connectivity index (χ1v) is 7.39. The van der Waals surface area contributed by atoms with E-state index in [2.05, 4.69) is 5.32 Å². The summed E-state index contributed by atoms with van der Waals surface area (Å²) in [4.78, 5) is 25.2. The summed E-state index contributed by atoms with van der Waals surface area (Å²) in [5.41, 5.74) is -0.704. The fraction of sp³-hybridized carbons (Fsp3) is 0.571.